The van der Waals surface area contributed by atoms with E-state index in [2.05, 4.69) is 20.5 Å². The molecule has 0 unspecified atom stereocenters. The van der Waals surface area contributed by atoms with E-state index in [1.165, 1.54) is 0 Å². The molecule has 6 aromatic rings. The molecule has 0 spiro atoms. The minimum atomic E-state index is -0.473. The summed E-state index contributed by atoms with van der Waals surface area (Å²) in [6.07, 6.45) is 1.71. The number of aromatic nitrogens is 5. The van der Waals surface area contributed by atoms with E-state index in [1.807, 2.05) is 103 Å². The third-order valence-electron chi connectivity index (χ3n) is 6.55. The second-order valence-electron chi connectivity index (χ2n) is 8.90. The molecule has 0 bridgehead atoms. The Labute approximate surface area is 217 Å². The second-order valence-corrected chi connectivity index (χ2v) is 8.90. The van der Waals surface area contributed by atoms with E-state index in [4.69, 9.17) is 9.84 Å². The number of hydrogen-bond donors (Lipinski definition) is 1. The molecule has 7 rings (SSSR count). The van der Waals surface area contributed by atoms with Crippen molar-refractivity contribution < 1.29 is 9.53 Å². The van der Waals surface area contributed by atoms with Crippen molar-refractivity contribution >= 4 is 17.2 Å². The van der Waals surface area contributed by atoms with Crippen LogP contribution in [0.1, 0.15) is 17.0 Å². The van der Waals surface area contributed by atoms with Gasteiger partial charge in [-0.25, -0.2) is 0 Å². The van der Waals surface area contributed by atoms with E-state index in [1.54, 1.807) is 10.7 Å². The first-order valence-electron chi connectivity index (χ1n) is 12.2. The van der Waals surface area contributed by atoms with Crippen LogP contribution in [0, 0.1) is 0 Å². The quantitative estimate of drug-likeness (QED) is 0.335. The van der Waals surface area contributed by atoms with Crippen molar-refractivity contribution in [3.05, 3.63) is 120 Å². The molecule has 8 heteroatoms. The molecule has 3 aromatic heterocycles. The zero-order chi connectivity index (χ0) is 25.5. The van der Waals surface area contributed by atoms with Gasteiger partial charge < -0.3 is 10.1 Å². The fourth-order valence-corrected chi connectivity index (χ4v) is 4.73. The Kier molecular flexibility index (Phi) is 5.14. The Morgan fingerprint density at radius 1 is 0.737 bits per heavy atom. The minimum Gasteiger partial charge on any atom is -0.457 e. The van der Waals surface area contributed by atoms with Gasteiger partial charge in [-0.3, -0.25) is 9.78 Å². The number of carbonyl (C=O) groups is 1. The first-order valence-corrected chi connectivity index (χ1v) is 12.2. The normalized spacial score (nSPS) is 12.4. The number of para-hydroxylation sites is 2. The number of benzene rings is 3. The molecule has 8 nitrogen and oxygen atoms in total. The molecule has 182 valence electrons. The van der Waals surface area contributed by atoms with Gasteiger partial charge in [-0.2, -0.15) is 9.61 Å². The standard InChI is InChI=1S/C30H20N6O2/c37-30(28-21-7-1-3-10-25(21)38-26-11-4-2-8-22(26)28)32-20-14-12-19(13-15-20)23-16-17-27-33-34-29(36(27)35-23)24-9-5-6-18-31-24/h1-18,28H,(H,32,37). The highest BCUT2D eigenvalue weighted by Crippen LogP contribution is 2.44. The highest BCUT2D eigenvalue weighted by atomic mass is 16.5. The summed E-state index contributed by atoms with van der Waals surface area (Å²) in [4.78, 5) is 17.9. The predicted octanol–water partition coefficient (Wildman–Crippen LogP) is 5.73. The van der Waals surface area contributed by atoms with Crippen molar-refractivity contribution in [2.24, 2.45) is 0 Å². The van der Waals surface area contributed by atoms with Crippen LogP contribution in [0.25, 0.3) is 28.4 Å². The number of carbonyl (C=O) groups excluding carboxylic acids is 1. The third kappa shape index (κ3) is 3.75. The van der Waals surface area contributed by atoms with E-state index in [0.29, 0.717) is 34.4 Å². The van der Waals surface area contributed by atoms with E-state index in [0.717, 1.165) is 22.4 Å². The predicted molar refractivity (Wildman–Crippen MR) is 143 cm³/mol. The van der Waals surface area contributed by atoms with Crippen molar-refractivity contribution in [2.75, 3.05) is 5.32 Å². The molecule has 1 aliphatic rings. The molecule has 1 N–H and O–H groups in total. The molecule has 1 aliphatic heterocycles. The third-order valence-corrected chi connectivity index (χ3v) is 6.55. The molecule has 0 fully saturated rings. The zero-order valence-electron chi connectivity index (χ0n) is 20.0. The van der Waals surface area contributed by atoms with Crippen LogP contribution in [0.5, 0.6) is 11.5 Å². The summed E-state index contributed by atoms with van der Waals surface area (Å²) >= 11 is 0. The number of hydrogen-bond acceptors (Lipinski definition) is 6. The SMILES string of the molecule is O=C(Nc1ccc(-c2ccc3nnc(-c4ccccn4)n3n2)cc1)C1c2ccccc2Oc2ccccc21. The van der Waals surface area contributed by atoms with E-state index >= 15 is 0 Å². The number of pyridine rings is 1. The van der Waals surface area contributed by atoms with Crippen LogP contribution in [0.3, 0.4) is 0 Å². The number of nitrogens with one attached hydrogen (secondary N) is 1. The lowest BCUT2D eigenvalue weighted by molar-refractivity contribution is -0.116. The number of nitrogens with zero attached hydrogens (tertiary/aromatic N) is 5. The average molecular weight is 497 g/mol. The molecule has 0 saturated carbocycles. The van der Waals surface area contributed by atoms with Gasteiger partial charge in [-0.15, -0.1) is 10.2 Å². The lowest BCUT2D eigenvalue weighted by Crippen LogP contribution is -2.25. The van der Waals surface area contributed by atoms with Crippen LogP contribution < -0.4 is 10.1 Å². The van der Waals surface area contributed by atoms with E-state index < -0.39 is 5.92 Å². The van der Waals surface area contributed by atoms with Crippen LogP contribution >= 0.6 is 0 Å². The van der Waals surface area contributed by atoms with Crippen LogP contribution in [0.15, 0.2) is 109 Å². The van der Waals surface area contributed by atoms with Gasteiger partial charge in [0.1, 0.15) is 17.2 Å². The Hall–Kier alpha value is -5.37. The van der Waals surface area contributed by atoms with Crippen LogP contribution in [-0.2, 0) is 4.79 Å². The van der Waals surface area contributed by atoms with Crippen molar-refractivity contribution in [3.8, 4) is 34.3 Å². The molecule has 0 saturated heterocycles. The summed E-state index contributed by atoms with van der Waals surface area (Å²) in [7, 11) is 0. The van der Waals surface area contributed by atoms with Crippen molar-refractivity contribution in [1.82, 2.24) is 24.8 Å². The summed E-state index contributed by atoms with van der Waals surface area (Å²) < 4.78 is 7.72. The zero-order valence-corrected chi connectivity index (χ0v) is 20.0. The molecule has 4 heterocycles. The monoisotopic (exact) mass is 496 g/mol. The van der Waals surface area contributed by atoms with Crippen LogP contribution in [0.2, 0.25) is 0 Å². The average Bonchev–Trinajstić information content (AvgIpc) is 3.40. The number of fused-ring (bicyclic) bond motifs is 3. The summed E-state index contributed by atoms with van der Waals surface area (Å²) in [6, 6.07) is 32.3. The summed E-state index contributed by atoms with van der Waals surface area (Å²) in [5.74, 6) is 1.37. The topological polar surface area (TPSA) is 94.3 Å². The maximum atomic E-state index is 13.5. The van der Waals surface area contributed by atoms with Gasteiger partial charge in [0, 0.05) is 28.6 Å². The van der Waals surface area contributed by atoms with Gasteiger partial charge >= 0.3 is 0 Å². The Balaban J connectivity index is 1.17. The first kappa shape index (κ1) is 21.9. The first-order chi connectivity index (χ1) is 18.7. The van der Waals surface area contributed by atoms with Gasteiger partial charge in [-0.05, 0) is 48.5 Å². The molecule has 1 amide bonds. The summed E-state index contributed by atoms with van der Waals surface area (Å²) in [5, 5.41) is 16.3. The fourth-order valence-electron chi connectivity index (χ4n) is 4.73. The molecule has 0 aliphatic carbocycles. The summed E-state index contributed by atoms with van der Waals surface area (Å²) in [6.45, 7) is 0. The van der Waals surface area contributed by atoms with Gasteiger partial charge in [-0.1, -0.05) is 54.6 Å². The van der Waals surface area contributed by atoms with Gasteiger partial charge in [0.15, 0.2) is 5.65 Å². The van der Waals surface area contributed by atoms with E-state index in [9.17, 15) is 4.79 Å². The second kappa shape index (κ2) is 8.94. The molecule has 38 heavy (non-hydrogen) atoms. The van der Waals surface area contributed by atoms with Crippen LogP contribution in [-0.4, -0.2) is 30.7 Å². The number of anilines is 1. The largest absolute Gasteiger partial charge is 0.457 e. The Morgan fingerprint density at radius 2 is 1.45 bits per heavy atom. The number of rotatable bonds is 4. The fraction of sp³-hybridized carbons (Fsp3) is 0.0333. The van der Waals surface area contributed by atoms with Crippen LogP contribution in [0.4, 0.5) is 5.69 Å². The smallest absolute Gasteiger partial charge is 0.236 e. The minimum absolute atomic E-state index is 0.120. The van der Waals surface area contributed by atoms with E-state index in [-0.39, 0.29) is 5.91 Å². The molecular formula is C30H20N6O2. The summed E-state index contributed by atoms with van der Waals surface area (Å²) in [5.41, 5.74) is 5.35. The maximum Gasteiger partial charge on any atom is 0.236 e. The van der Waals surface area contributed by atoms with Crippen molar-refractivity contribution in [3.63, 3.8) is 0 Å². The molecule has 3 aromatic carbocycles. The number of ether oxygens (including phenoxy) is 1. The molecule has 0 atom stereocenters. The lowest BCUT2D eigenvalue weighted by atomic mass is 9.87. The number of amides is 1. The van der Waals surface area contributed by atoms with Gasteiger partial charge in [0.2, 0.25) is 11.7 Å². The maximum absolute atomic E-state index is 13.5. The molecule has 0 radical (unpaired) electrons. The van der Waals surface area contributed by atoms with Crippen molar-refractivity contribution in [2.45, 2.75) is 5.92 Å². The van der Waals surface area contributed by atoms with Gasteiger partial charge in [0.25, 0.3) is 0 Å². The highest BCUT2D eigenvalue weighted by molar-refractivity contribution is 5.99. The van der Waals surface area contributed by atoms with Crippen molar-refractivity contribution in [1.29, 1.82) is 0 Å². The Bertz CT molecular complexity index is 1750. The highest BCUT2D eigenvalue weighted by Gasteiger charge is 2.32. The lowest BCUT2D eigenvalue weighted by Gasteiger charge is -2.27. The Morgan fingerprint density at radius 3 is 2.16 bits per heavy atom. The van der Waals surface area contributed by atoms with Gasteiger partial charge in [0.05, 0.1) is 11.6 Å². The molecular weight excluding hydrogens is 476 g/mol.